The zero-order valence-corrected chi connectivity index (χ0v) is 17.4. The van der Waals surface area contributed by atoms with Crippen LogP contribution >= 0.6 is 0 Å². The molecule has 2 aliphatic heterocycles. The van der Waals surface area contributed by atoms with E-state index in [-0.39, 0.29) is 16.9 Å². The van der Waals surface area contributed by atoms with Crippen LogP contribution in [0, 0.1) is 0 Å². The topological polar surface area (TPSA) is 142 Å². The van der Waals surface area contributed by atoms with Crippen molar-refractivity contribution in [1.82, 2.24) is 5.32 Å². The fraction of sp³-hybridized carbons (Fsp3) is 0.409. The third kappa shape index (κ3) is 3.30. The van der Waals surface area contributed by atoms with Crippen molar-refractivity contribution >= 4 is 17.5 Å². The van der Waals surface area contributed by atoms with Crippen molar-refractivity contribution < 1.29 is 39.2 Å². The summed E-state index contributed by atoms with van der Waals surface area (Å²) in [6.45, 7) is 3.13. The van der Waals surface area contributed by atoms with Gasteiger partial charge in [-0.25, -0.2) is 0 Å². The van der Waals surface area contributed by atoms with Crippen LogP contribution in [0.5, 0.6) is 0 Å². The summed E-state index contributed by atoms with van der Waals surface area (Å²) in [6.07, 6.45) is -1.60. The first kappa shape index (κ1) is 22.8. The van der Waals surface area contributed by atoms with Gasteiger partial charge in [0.15, 0.2) is 6.10 Å². The van der Waals surface area contributed by atoms with Gasteiger partial charge >= 0.3 is 0 Å². The number of ether oxygens (including phenoxy) is 2. The molecule has 1 spiro atoms. The van der Waals surface area contributed by atoms with Crippen LogP contribution in [0.1, 0.15) is 30.6 Å². The monoisotopic (exact) mass is 431 g/mol. The summed E-state index contributed by atoms with van der Waals surface area (Å²) in [5.74, 6) is -3.15. The van der Waals surface area contributed by atoms with Gasteiger partial charge in [-0.15, -0.1) is 0 Å². The molecule has 0 bridgehead atoms. The van der Waals surface area contributed by atoms with E-state index in [9.17, 15) is 29.7 Å². The van der Waals surface area contributed by atoms with Crippen LogP contribution in [-0.4, -0.2) is 69.5 Å². The summed E-state index contributed by atoms with van der Waals surface area (Å²) < 4.78 is 10.8. The Morgan fingerprint density at radius 3 is 2.52 bits per heavy atom. The zero-order valence-electron chi connectivity index (χ0n) is 17.4. The molecule has 4 N–H and O–H groups in total. The van der Waals surface area contributed by atoms with Crippen LogP contribution in [0.15, 0.2) is 53.8 Å². The average molecular weight is 431 g/mol. The first-order valence-electron chi connectivity index (χ1n) is 9.80. The van der Waals surface area contributed by atoms with Crippen molar-refractivity contribution in [3.8, 4) is 0 Å². The van der Waals surface area contributed by atoms with Crippen molar-refractivity contribution in [2.24, 2.45) is 0 Å². The lowest BCUT2D eigenvalue weighted by Crippen LogP contribution is -2.60. The highest BCUT2D eigenvalue weighted by atomic mass is 16.6. The molecular weight excluding hydrogens is 406 g/mol. The Morgan fingerprint density at radius 2 is 1.94 bits per heavy atom. The van der Waals surface area contributed by atoms with Crippen LogP contribution < -0.4 is 5.32 Å². The summed E-state index contributed by atoms with van der Waals surface area (Å²) in [7, 11) is 1.11. The minimum absolute atomic E-state index is 0.135. The Kier molecular flexibility index (Phi) is 6.15. The van der Waals surface area contributed by atoms with Gasteiger partial charge in [-0.2, -0.15) is 0 Å². The van der Waals surface area contributed by atoms with Crippen molar-refractivity contribution in [2.45, 2.75) is 49.9 Å². The summed E-state index contributed by atoms with van der Waals surface area (Å²) in [5.41, 5.74) is -4.83. The van der Waals surface area contributed by atoms with Gasteiger partial charge in [-0.05, 0) is 13.3 Å². The fourth-order valence-corrected chi connectivity index (χ4v) is 3.81. The lowest BCUT2D eigenvalue weighted by atomic mass is 9.85. The normalized spacial score (nSPS) is 30.1. The van der Waals surface area contributed by atoms with Crippen LogP contribution in [-0.2, 0) is 19.1 Å². The Bertz CT molecular complexity index is 956. The molecule has 1 amide bonds. The number of aliphatic hydroxyl groups is 3. The number of nitrogens with one attached hydrogen (secondary N) is 1. The Morgan fingerprint density at radius 1 is 1.29 bits per heavy atom. The van der Waals surface area contributed by atoms with Crippen molar-refractivity contribution in [2.75, 3.05) is 7.11 Å². The standard InChI is InChI=1S/C22H25NO8/c1-4-5-11-14(24)15(25)16-12(2)17(26)21(31-16)19(28)22(30-3,23-20(21)29)18(27)13-9-7-6-8-10-13/h5-11,14-15,19,24-25,28H,4H2,1-3H3,(H,23,29)/b11-5-/t14?,15?,19?,21-,22-/m1/s1. The molecule has 3 rings (SSSR count). The molecule has 9 heteroatoms. The average Bonchev–Trinajstić information content (AvgIpc) is 3.18. The number of carbonyl (C=O) groups is 3. The van der Waals surface area contributed by atoms with E-state index in [1.54, 1.807) is 24.3 Å². The molecule has 2 heterocycles. The van der Waals surface area contributed by atoms with E-state index in [1.807, 2.05) is 6.92 Å². The fourth-order valence-electron chi connectivity index (χ4n) is 3.81. The highest BCUT2D eigenvalue weighted by molar-refractivity contribution is 6.23. The molecule has 31 heavy (non-hydrogen) atoms. The van der Waals surface area contributed by atoms with Gasteiger partial charge in [0.2, 0.25) is 17.3 Å². The van der Waals surface area contributed by atoms with E-state index >= 15 is 0 Å². The highest BCUT2D eigenvalue weighted by Crippen LogP contribution is 2.44. The molecular formula is C22H25NO8. The molecule has 0 radical (unpaired) electrons. The van der Waals surface area contributed by atoms with E-state index in [1.165, 1.54) is 25.1 Å². The van der Waals surface area contributed by atoms with Gasteiger partial charge in [0.05, 0.1) is 0 Å². The number of hydrogen-bond donors (Lipinski definition) is 4. The molecule has 0 aliphatic carbocycles. The Labute approximate surface area is 179 Å². The zero-order chi connectivity index (χ0) is 23.0. The minimum atomic E-state index is -2.53. The van der Waals surface area contributed by atoms with Crippen LogP contribution in [0.3, 0.4) is 0 Å². The van der Waals surface area contributed by atoms with E-state index in [0.29, 0.717) is 6.42 Å². The van der Waals surface area contributed by atoms with Gasteiger partial charge in [0.25, 0.3) is 11.5 Å². The van der Waals surface area contributed by atoms with Crippen molar-refractivity contribution in [1.29, 1.82) is 0 Å². The van der Waals surface area contributed by atoms with Gasteiger partial charge in [-0.1, -0.05) is 49.4 Å². The molecule has 5 atom stereocenters. The number of amides is 1. The second-order valence-electron chi connectivity index (χ2n) is 7.42. The predicted octanol–water partition coefficient (Wildman–Crippen LogP) is 0.00280. The molecule has 166 valence electrons. The first-order chi connectivity index (χ1) is 14.7. The van der Waals surface area contributed by atoms with Gasteiger partial charge in [0, 0.05) is 18.2 Å². The van der Waals surface area contributed by atoms with Gasteiger partial charge in [-0.3, -0.25) is 14.4 Å². The summed E-state index contributed by atoms with van der Waals surface area (Å²) in [4.78, 5) is 39.2. The van der Waals surface area contributed by atoms with Crippen LogP contribution in [0.25, 0.3) is 0 Å². The van der Waals surface area contributed by atoms with E-state index < -0.39 is 47.1 Å². The second-order valence-corrected chi connectivity index (χ2v) is 7.42. The SMILES string of the molecule is CC/C=C\C(O)C(O)C1=C(C)C(=O)[C@]2(O1)C(=O)N[C@@](OC)(C(=O)c1ccccc1)C2O. The molecule has 1 saturated heterocycles. The van der Waals surface area contributed by atoms with Crippen molar-refractivity contribution in [3.05, 3.63) is 59.4 Å². The smallest absolute Gasteiger partial charge is 0.278 e. The van der Waals surface area contributed by atoms with Gasteiger partial charge in [0.1, 0.15) is 18.0 Å². The number of rotatable bonds is 7. The molecule has 1 aromatic rings. The highest BCUT2D eigenvalue weighted by Gasteiger charge is 2.74. The molecule has 3 unspecified atom stereocenters. The lowest BCUT2D eigenvalue weighted by molar-refractivity contribution is -0.163. The molecule has 1 fully saturated rings. The van der Waals surface area contributed by atoms with E-state index in [2.05, 4.69) is 5.32 Å². The summed E-state index contributed by atoms with van der Waals surface area (Å²) in [5, 5.41) is 34.0. The number of benzene rings is 1. The maximum atomic E-state index is 13.1. The summed E-state index contributed by atoms with van der Waals surface area (Å²) >= 11 is 0. The minimum Gasteiger partial charge on any atom is -0.467 e. The number of methoxy groups -OCH3 is 1. The maximum Gasteiger partial charge on any atom is 0.278 e. The number of allylic oxidation sites excluding steroid dienone is 1. The molecule has 0 saturated carbocycles. The number of carbonyl (C=O) groups excluding carboxylic acids is 3. The lowest BCUT2D eigenvalue weighted by Gasteiger charge is -2.32. The molecule has 0 aromatic heterocycles. The third-order valence-electron chi connectivity index (χ3n) is 5.58. The first-order valence-corrected chi connectivity index (χ1v) is 9.80. The number of ketones is 2. The Hall–Kier alpha value is -2.85. The van der Waals surface area contributed by atoms with Crippen LogP contribution in [0.2, 0.25) is 0 Å². The van der Waals surface area contributed by atoms with E-state index in [4.69, 9.17) is 9.47 Å². The summed E-state index contributed by atoms with van der Waals surface area (Å²) in [6, 6.07) is 7.82. The second kappa shape index (κ2) is 8.35. The van der Waals surface area contributed by atoms with Gasteiger partial charge < -0.3 is 30.1 Å². The largest absolute Gasteiger partial charge is 0.467 e. The number of aliphatic hydroxyl groups excluding tert-OH is 3. The Balaban J connectivity index is 1.99. The number of Topliss-reactive ketones (excluding diaryl/α,β-unsaturated/α-hetero) is 2. The van der Waals surface area contributed by atoms with Crippen molar-refractivity contribution in [3.63, 3.8) is 0 Å². The number of hydrogen-bond acceptors (Lipinski definition) is 8. The molecule has 2 aliphatic rings. The van der Waals surface area contributed by atoms with Crippen LogP contribution in [0.4, 0.5) is 0 Å². The predicted molar refractivity (Wildman–Crippen MR) is 108 cm³/mol. The molecule has 9 nitrogen and oxygen atoms in total. The van der Waals surface area contributed by atoms with E-state index in [0.717, 1.165) is 7.11 Å². The third-order valence-corrected chi connectivity index (χ3v) is 5.58. The maximum absolute atomic E-state index is 13.1. The quantitative estimate of drug-likeness (QED) is 0.269. The molecule has 1 aromatic carbocycles.